The van der Waals surface area contributed by atoms with E-state index in [1.54, 1.807) is 19.1 Å². The van der Waals surface area contributed by atoms with Crippen molar-refractivity contribution < 1.29 is 18.0 Å². The number of rotatable bonds is 12. The number of nitrogens with zero attached hydrogens (tertiary/aromatic N) is 2. The van der Waals surface area contributed by atoms with E-state index in [2.05, 4.69) is 5.32 Å². The predicted octanol–water partition coefficient (Wildman–Crippen LogP) is 5.79. The van der Waals surface area contributed by atoms with E-state index in [9.17, 15) is 18.0 Å². The van der Waals surface area contributed by atoms with E-state index in [4.69, 9.17) is 46.4 Å². The smallest absolute Gasteiger partial charge is 0.244 e. The second-order valence-corrected chi connectivity index (χ2v) is 11.8. The fraction of sp³-hybridized carbons (Fsp3) is 0.417. The Morgan fingerprint density at radius 2 is 1.61 bits per heavy atom. The van der Waals surface area contributed by atoms with Gasteiger partial charge in [0.25, 0.3) is 0 Å². The number of hydrogen-bond acceptors (Lipinski definition) is 4. The third kappa shape index (κ3) is 8.42. The maximum Gasteiger partial charge on any atom is 0.244 e. The maximum atomic E-state index is 13.7. The van der Waals surface area contributed by atoms with E-state index in [1.165, 1.54) is 29.2 Å². The molecule has 0 aromatic heterocycles. The molecular formula is C24H29Cl4N3O4S. The average molecular weight is 597 g/mol. The SMILES string of the molecule is CCCCNC(=O)[C@@H](CC)N(Cc1ccc(Cl)cc1Cl)C(=O)CN(c1cc(Cl)ccc1Cl)S(C)(=O)=O. The number of unbranched alkanes of at least 4 members (excludes halogenated alkanes) is 1. The van der Waals surface area contributed by atoms with Crippen LogP contribution < -0.4 is 9.62 Å². The molecule has 0 unspecified atom stereocenters. The van der Waals surface area contributed by atoms with E-state index in [0.717, 1.165) is 23.4 Å². The molecule has 36 heavy (non-hydrogen) atoms. The summed E-state index contributed by atoms with van der Waals surface area (Å²) in [5, 5.41) is 3.95. The van der Waals surface area contributed by atoms with Crippen molar-refractivity contribution in [2.45, 2.75) is 45.7 Å². The van der Waals surface area contributed by atoms with E-state index < -0.39 is 28.5 Å². The highest BCUT2D eigenvalue weighted by Crippen LogP contribution is 2.31. The average Bonchev–Trinajstić information content (AvgIpc) is 2.79. The summed E-state index contributed by atoms with van der Waals surface area (Å²) in [6.07, 6.45) is 2.94. The minimum absolute atomic E-state index is 0.0323. The van der Waals surface area contributed by atoms with Gasteiger partial charge in [0.15, 0.2) is 0 Å². The van der Waals surface area contributed by atoms with Crippen LogP contribution in [0.4, 0.5) is 5.69 Å². The second-order valence-electron chi connectivity index (χ2n) is 8.19. The number of benzene rings is 2. The molecule has 0 saturated heterocycles. The zero-order valence-corrected chi connectivity index (χ0v) is 24.1. The van der Waals surface area contributed by atoms with Crippen LogP contribution in [0.25, 0.3) is 0 Å². The fourth-order valence-corrected chi connectivity index (χ4v) is 5.29. The number of halogens is 4. The largest absolute Gasteiger partial charge is 0.354 e. The van der Waals surface area contributed by atoms with Gasteiger partial charge in [0, 0.05) is 28.2 Å². The lowest BCUT2D eigenvalue weighted by atomic mass is 10.1. The standard InChI is InChI=1S/C24H29Cl4N3O4S/c1-4-6-11-29-24(33)21(5-2)30(14-16-7-8-17(25)12-20(16)28)23(32)15-31(36(3,34)35)22-13-18(26)9-10-19(22)27/h7-10,12-13,21H,4-6,11,14-15H2,1-3H3,(H,29,33)/t21-/m1/s1. The predicted molar refractivity (Wildman–Crippen MR) is 148 cm³/mol. The molecule has 0 aliphatic rings. The van der Waals surface area contributed by atoms with Gasteiger partial charge in [-0.1, -0.05) is 72.7 Å². The molecule has 0 heterocycles. The first-order valence-corrected chi connectivity index (χ1v) is 14.7. The molecule has 1 N–H and O–H groups in total. The van der Waals surface area contributed by atoms with Crippen molar-refractivity contribution >= 4 is 73.9 Å². The molecular weight excluding hydrogens is 568 g/mol. The number of carbonyl (C=O) groups excluding carboxylic acids is 2. The van der Waals surface area contributed by atoms with Gasteiger partial charge in [0.1, 0.15) is 12.6 Å². The van der Waals surface area contributed by atoms with Crippen LogP contribution in [0.5, 0.6) is 0 Å². The summed E-state index contributed by atoms with van der Waals surface area (Å²) in [5.74, 6) is -0.948. The summed E-state index contributed by atoms with van der Waals surface area (Å²) in [5.41, 5.74) is 0.617. The molecule has 0 spiro atoms. The number of sulfonamides is 1. The van der Waals surface area contributed by atoms with Crippen molar-refractivity contribution in [3.63, 3.8) is 0 Å². The van der Waals surface area contributed by atoms with E-state index in [1.807, 2.05) is 6.92 Å². The first kappa shape index (κ1) is 30.5. The van der Waals surface area contributed by atoms with E-state index >= 15 is 0 Å². The Balaban J connectivity index is 2.48. The molecule has 1 atom stereocenters. The topological polar surface area (TPSA) is 86.8 Å². The molecule has 0 aliphatic heterocycles. The van der Waals surface area contributed by atoms with Gasteiger partial charge in [-0.2, -0.15) is 0 Å². The van der Waals surface area contributed by atoms with Crippen molar-refractivity contribution in [3.05, 3.63) is 62.1 Å². The van der Waals surface area contributed by atoms with Crippen LogP contribution in [0.3, 0.4) is 0 Å². The van der Waals surface area contributed by atoms with Gasteiger partial charge in [0.2, 0.25) is 21.8 Å². The van der Waals surface area contributed by atoms with Crippen molar-refractivity contribution in [3.8, 4) is 0 Å². The van der Waals surface area contributed by atoms with Crippen molar-refractivity contribution in [2.75, 3.05) is 23.7 Å². The zero-order chi connectivity index (χ0) is 27.0. The monoisotopic (exact) mass is 595 g/mol. The number of hydrogen-bond donors (Lipinski definition) is 1. The molecule has 198 valence electrons. The molecule has 2 aromatic rings. The summed E-state index contributed by atoms with van der Waals surface area (Å²) in [6.45, 7) is 3.61. The Bertz CT molecular complexity index is 1190. The Morgan fingerprint density at radius 1 is 0.972 bits per heavy atom. The van der Waals surface area contributed by atoms with Gasteiger partial charge in [-0.15, -0.1) is 0 Å². The molecule has 2 rings (SSSR count). The molecule has 0 saturated carbocycles. The third-order valence-electron chi connectivity index (χ3n) is 5.43. The van der Waals surface area contributed by atoms with Crippen molar-refractivity contribution in [2.24, 2.45) is 0 Å². The summed E-state index contributed by atoms with van der Waals surface area (Å²) >= 11 is 24.7. The fourth-order valence-electron chi connectivity index (χ4n) is 3.53. The van der Waals surface area contributed by atoms with Gasteiger partial charge in [0.05, 0.1) is 17.0 Å². The zero-order valence-electron chi connectivity index (χ0n) is 20.2. The first-order valence-electron chi connectivity index (χ1n) is 11.3. The minimum atomic E-state index is -3.94. The summed E-state index contributed by atoms with van der Waals surface area (Å²) in [7, 11) is -3.94. The van der Waals surface area contributed by atoms with Gasteiger partial charge in [-0.3, -0.25) is 13.9 Å². The number of amides is 2. The Morgan fingerprint density at radius 3 is 2.19 bits per heavy atom. The molecule has 2 aromatic carbocycles. The van der Waals surface area contributed by atoms with Crippen molar-refractivity contribution in [1.29, 1.82) is 0 Å². The lowest BCUT2D eigenvalue weighted by Crippen LogP contribution is -2.52. The van der Waals surface area contributed by atoms with Gasteiger partial charge < -0.3 is 10.2 Å². The van der Waals surface area contributed by atoms with Crippen LogP contribution >= 0.6 is 46.4 Å². The number of anilines is 1. The number of nitrogens with one attached hydrogen (secondary N) is 1. The molecule has 0 bridgehead atoms. The van der Waals surface area contributed by atoms with E-state index in [0.29, 0.717) is 28.6 Å². The maximum absolute atomic E-state index is 13.7. The van der Waals surface area contributed by atoms with Crippen LogP contribution in [-0.4, -0.2) is 50.5 Å². The van der Waals surface area contributed by atoms with Crippen LogP contribution in [-0.2, 0) is 26.2 Å². The summed E-state index contributed by atoms with van der Waals surface area (Å²) < 4.78 is 26.3. The van der Waals surface area contributed by atoms with Crippen LogP contribution in [0, 0.1) is 0 Å². The van der Waals surface area contributed by atoms with Crippen LogP contribution in [0.2, 0.25) is 20.1 Å². The Hall–Kier alpha value is -1.71. The second kappa shape index (κ2) is 13.7. The van der Waals surface area contributed by atoms with Gasteiger partial charge in [-0.25, -0.2) is 8.42 Å². The lowest BCUT2D eigenvalue weighted by Gasteiger charge is -2.33. The minimum Gasteiger partial charge on any atom is -0.354 e. The van der Waals surface area contributed by atoms with E-state index in [-0.39, 0.29) is 28.2 Å². The van der Waals surface area contributed by atoms with Gasteiger partial charge in [-0.05, 0) is 48.7 Å². The highest BCUT2D eigenvalue weighted by molar-refractivity contribution is 7.92. The quantitative estimate of drug-likeness (QED) is 0.314. The van der Waals surface area contributed by atoms with Gasteiger partial charge >= 0.3 is 0 Å². The Labute approximate surface area is 232 Å². The molecule has 0 radical (unpaired) electrons. The summed E-state index contributed by atoms with van der Waals surface area (Å²) in [6, 6.07) is 8.29. The lowest BCUT2D eigenvalue weighted by molar-refractivity contribution is -0.140. The normalized spacial score (nSPS) is 12.2. The first-order chi connectivity index (χ1) is 16.9. The van der Waals surface area contributed by atoms with Crippen LogP contribution in [0.1, 0.15) is 38.7 Å². The van der Waals surface area contributed by atoms with Crippen molar-refractivity contribution in [1.82, 2.24) is 10.2 Å². The number of carbonyl (C=O) groups is 2. The summed E-state index contributed by atoms with van der Waals surface area (Å²) in [4.78, 5) is 28.1. The van der Waals surface area contributed by atoms with Crippen LogP contribution in [0.15, 0.2) is 36.4 Å². The molecule has 7 nitrogen and oxygen atoms in total. The molecule has 12 heteroatoms. The third-order valence-corrected chi connectivity index (χ3v) is 7.70. The highest BCUT2D eigenvalue weighted by Gasteiger charge is 2.32. The Kier molecular flexibility index (Phi) is 11.6. The molecule has 2 amide bonds. The molecule has 0 aliphatic carbocycles. The highest BCUT2D eigenvalue weighted by atomic mass is 35.5. The molecule has 0 fully saturated rings.